The fraction of sp³-hybridized carbons (Fsp3) is 0.250. The molecule has 2 heteroatoms. The van der Waals surface area contributed by atoms with E-state index in [0.717, 1.165) is 11.4 Å². The predicted molar refractivity (Wildman–Crippen MR) is 113 cm³/mol. The van der Waals surface area contributed by atoms with Crippen molar-refractivity contribution < 1.29 is 0 Å². The Bertz CT molecular complexity index is 768. The molecule has 3 aromatic rings. The van der Waals surface area contributed by atoms with Crippen molar-refractivity contribution in [2.24, 2.45) is 0 Å². The van der Waals surface area contributed by atoms with Crippen LogP contribution in [0.3, 0.4) is 0 Å². The molecule has 3 rings (SSSR count). The van der Waals surface area contributed by atoms with E-state index in [1.807, 2.05) is 12.1 Å². The van der Waals surface area contributed by atoms with Crippen LogP contribution >= 0.6 is 0 Å². The molecule has 0 saturated heterocycles. The van der Waals surface area contributed by atoms with Gasteiger partial charge < -0.3 is 10.6 Å². The Morgan fingerprint density at radius 1 is 0.500 bits per heavy atom. The van der Waals surface area contributed by atoms with Crippen LogP contribution in [0.1, 0.15) is 38.8 Å². The molecule has 0 aliphatic heterocycles. The zero-order chi connectivity index (χ0) is 18.6. The lowest BCUT2D eigenvalue weighted by atomic mass is 9.87. The molecule has 26 heavy (non-hydrogen) atoms. The van der Waals surface area contributed by atoms with Crippen LogP contribution < -0.4 is 10.6 Å². The molecule has 0 unspecified atom stereocenters. The highest BCUT2D eigenvalue weighted by atomic mass is 15.0. The second-order valence-corrected chi connectivity index (χ2v) is 7.81. The van der Waals surface area contributed by atoms with Crippen molar-refractivity contribution in [1.82, 2.24) is 0 Å². The van der Waals surface area contributed by atoms with Crippen LogP contribution in [0.2, 0.25) is 0 Å². The molecule has 0 fully saturated rings. The molecule has 2 nitrogen and oxygen atoms in total. The van der Waals surface area contributed by atoms with E-state index in [1.54, 1.807) is 0 Å². The van der Waals surface area contributed by atoms with E-state index in [-0.39, 0.29) is 11.1 Å². The average Bonchev–Trinajstić information content (AvgIpc) is 2.63. The third-order valence-electron chi connectivity index (χ3n) is 4.77. The Morgan fingerprint density at radius 3 is 1.27 bits per heavy atom. The standard InChI is InChI=1S/C24H28N2/c1-23(2,25-21-14-7-5-8-15-21)19-12-11-13-20(18-19)24(3,4)26-22-16-9-6-10-17-22/h5-18,25-26H,1-4H3. The molecule has 0 saturated carbocycles. The number of nitrogens with one attached hydrogen (secondary N) is 2. The maximum atomic E-state index is 3.64. The lowest BCUT2D eigenvalue weighted by molar-refractivity contribution is 0.587. The van der Waals surface area contributed by atoms with Gasteiger partial charge in [0, 0.05) is 11.4 Å². The van der Waals surface area contributed by atoms with E-state index < -0.39 is 0 Å². The van der Waals surface area contributed by atoms with Crippen molar-refractivity contribution >= 4 is 11.4 Å². The number of hydrogen-bond donors (Lipinski definition) is 2. The normalized spacial score (nSPS) is 11.8. The van der Waals surface area contributed by atoms with E-state index in [2.05, 4.69) is 111 Å². The summed E-state index contributed by atoms with van der Waals surface area (Å²) in [7, 11) is 0. The SMILES string of the molecule is CC(C)(Nc1ccccc1)c1cccc(C(C)(C)Nc2ccccc2)c1. The first-order valence-corrected chi connectivity index (χ1v) is 9.14. The molecule has 0 aliphatic rings. The zero-order valence-electron chi connectivity index (χ0n) is 16.1. The topological polar surface area (TPSA) is 24.1 Å². The summed E-state index contributed by atoms with van der Waals surface area (Å²) < 4.78 is 0. The first-order chi connectivity index (χ1) is 12.4. The number of anilines is 2. The Kier molecular flexibility index (Phi) is 5.03. The maximum absolute atomic E-state index is 3.64. The van der Waals surface area contributed by atoms with Crippen molar-refractivity contribution in [1.29, 1.82) is 0 Å². The lowest BCUT2D eigenvalue weighted by Gasteiger charge is -2.32. The quantitative estimate of drug-likeness (QED) is 0.542. The van der Waals surface area contributed by atoms with Gasteiger partial charge >= 0.3 is 0 Å². The summed E-state index contributed by atoms with van der Waals surface area (Å²) in [5.74, 6) is 0. The Morgan fingerprint density at radius 2 is 0.885 bits per heavy atom. The minimum absolute atomic E-state index is 0.166. The highest BCUT2D eigenvalue weighted by molar-refractivity contribution is 5.50. The summed E-state index contributed by atoms with van der Waals surface area (Å²) >= 11 is 0. The highest BCUT2D eigenvalue weighted by Crippen LogP contribution is 2.31. The van der Waals surface area contributed by atoms with Crippen molar-refractivity contribution in [2.45, 2.75) is 38.8 Å². The summed E-state index contributed by atoms with van der Waals surface area (Å²) in [6.45, 7) is 8.88. The fourth-order valence-corrected chi connectivity index (χ4v) is 3.21. The van der Waals surface area contributed by atoms with Crippen LogP contribution in [0.25, 0.3) is 0 Å². The Hall–Kier alpha value is -2.74. The zero-order valence-corrected chi connectivity index (χ0v) is 16.1. The van der Waals surface area contributed by atoms with Crippen LogP contribution in [0, 0.1) is 0 Å². The van der Waals surface area contributed by atoms with E-state index in [9.17, 15) is 0 Å². The molecule has 3 aromatic carbocycles. The molecular weight excluding hydrogens is 316 g/mol. The second-order valence-electron chi connectivity index (χ2n) is 7.81. The van der Waals surface area contributed by atoms with Gasteiger partial charge in [0.2, 0.25) is 0 Å². The summed E-state index contributed by atoms with van der Waals surface area (Å²) in [4.78, 5) is 0. The molecule has 0 heterocycles. The molecule has 134 valence electrons. The van der Waals surface area contributed by atoms with Crippen molar-refractivity contribution in [3.63, 3.8) is 0 Å². The second kappa shape index (κ2) is 7.25. The number of hydrogen-bond acceptors (Lipinski definition) is 2. The van der Waals surface area contributed by atoms with Gasteiger partial charge in [-0.1, -0.05) is 60.7 Å². The maximum Gasteiger partial charge on any atom is 0.0569 e. The van der Waals surface area contributed by atoms with Gasteiger partial charge in [0.25, 0.3) is 0 Å². The smallest absolute Gasteiger partial charge is 0.0569 e. The summed E-state index contributed by atoms with van der Waals surface area (Å²) in [6, 6.07) is 29.5. The molecule has 0 radical (unpaired) electrons. The van der Waals surface area contributed by atoms with Crippen LogP contribution in [-0.4, -0.2) is 0 Å². The van der Waals surface area contributed by atoms with E-state index in [4.69, 9.17) is 0 Å². The van der Waals surface area contributed by atoms with Gasteiger partial charge in [0.15, 0.2) is 0 Å². The largest absolute Gasteiger partial charge is 0.376 e. The van der Waals surface area contributed by atoms with Gasteiger partial charge in [0.05, 0.1) is 11.1 Å². The van der Waals surface area contributed by atoms with Gasteiger partial charge in [-0.15, -0.1) is 0 Å². The third kappa shape index (κ3) is 4.26. The molecule has 0 bridgehead atoms. The van der Waals surface area contributed by atoms with Crippen molar-refractivity contribution in [3.8, 4) is 0 Å². The van der Waals surface area contributed by atoms with Crippen LogP contribution in [0.4, 0.5) is 11.4 Å². The number of para-hydroxylation sites is 2. The van der Waals surface area contributed by atoms with E-state index >= 15 is 0 Å². The van der Waals surface area contributed by atoms with Gasteiger partial charge in [0.1, 0.15) is 0 Å². The molecule has 0 aliphatic carbocycles. The monoisotopic (exact) mass is 344 g/mol. The van der Waals surface area contributed by atoms with Gasteiger partial charge in [-0.05, 0) is 63.1 Å². The fourth-order valence-electron chi connectivity index (χ4n) is 3.21. The van der Waals surface area contributed by atoms with Gasteiger partial charge in [-0.2, -0.15) is 0 Å². The molecule has 0 aromatic heterocycles. The molecular formula is C24H28N2. The molecule has 0 atom stereocenters. The summed E-state index contributed by atoms with van der Waals surface area (Å²) in [5.41, 5.74) is 4.46. The van der Waals surface area contributed by atoms with E-state index in [0.29, 0.717) is 0 Å². The predicted octanol–water partition coefficient (Wildman–Crippen LogP) is 6.38. The van der Waals surface area contributed by atoms with Crippen molar-refractivity contribution in [2.75, 3.05) is 10.6 Å². The minimum atomic E-state index is -0.166. The molecule has 0 amide bonds. The van der Waals surface area contributed by atoms with Crippen molar-refractivity contribution in [3.05, 3.63) is 96.1 Å². The summed E-state index contributed by atoms with van der Waals surface area (Å²) in [5, 5.41) is 7.28. The first kappa shape index (κ1) is 18.1. The molecule has 2 N–H and O–H groups in total. The Balaban J connectivity index is 1.85. The van der Waals surface area contributed by atoms with Gasteiger partial charge in [-0.3, -0.25) is 0 Å². The highest BCUT2D eigenvalue weighted by Gasteiger charge is 2.25. The van der Waals surface area contributed by atoms with E-state index in [1.165, 1.54) is 11.1 Å². The summed E-state index contributed by atoms with van der Waals surface area (Å²) in [6.07, 6.45) is 0. The Labute approximate surface area is 157 Å². The first-order valence-electron chi connectivity index (χ1n) is 9.14. The van der Waals surface area contributed by atoms with Crippen LogP contribution in [0.15, 0.2) is 84.9 Å². The third-order valence-corrected chi connectivity index (χ3v) is 4.77. The average molecular weight is 345 g/mol. The lowest BCUT2D eigenvalue weighted by Crippen LogP contribution is -2.31. The minimum Gasteiger partial charge on any atom is -0.376 e. The van der Waals surface area contributed by atoms with Crippen LogP contribution in [-0.2, 0) is 11.1 Å². The molecule has 0 spiro atoms. The van der Waals surface area contributed by atoms with Crippen LogP contribution in [0.5, 0.6) is 0 Å². The van der Waals surface area contributed by atoms with Gasteiger partial charge in [-0.25, -0.2) is 0 Å². The number of rotatable bonds is 6. The number of benzene rings is 3.